The van der Waals surface area contributed by atoms with Gasteiger partial charge in [-0.15, -0.1) is 0 Å². The first kappa shape index (κ1) is 23.5. The van der Waals surface area contributed by atoms with Gasteiger partial charge in [-0.25, -0.2) is 19.3 Å². The van der Waals surface area contributed by atoms with Gasteiger partial charge in [-0.2, -0.15) is 5.10 Å². The molecule has 1 N–H and O–H groups in total. The monoisotopic (exact) mass is 468 g/mol. The summed E-state index contributed by atoms with van der Waals surface area (Å²) < 4.78 is 18.3. The van der Waals surface area contributed by atoms with Gasteiger partial charge < -0.3 is 19.3 Å². The van der Waals surface area contributed by atoms with E-state index in [2.05, 4.69) is 10.1 Å². The molecule has 180 valence electrons. The summed E-state index contributed by atoms with van der Waals surface area (Å²) in [6.07, 6.45) is 2.58. The molecule has 2 atom stereocenters. The molecule has 0 radical (unpaired) electrons. The molecule has 10 heteroatoms. The van der Waals surface area contributed by atoms with E-state index < -0.39 is 29.8 Å². The quantitative estimate of drug-likeness (QED) is 0.569. The zero-order valence-electron chi connectivity index (χ0n) is 19.6. The second-order valence-corrected chi connectivity index (χ2v) is 9.09. The number of esters is 1. The van der Waals surface area contributed by atoms with Gasteiger partial charge in [-0.05, 0) is 44.5 Å². The van der Waals surface area contributed by atoms with Crippen LogP contribution in [-0.4, -0.2) is 68.2 Å². The van der Waals surface area contributed by atoms with Crippen LogP contribution in [0, 0.1) is 0 Å². The first-order valence-electron chi connectivity index (χ1n) is 11.0. The molecular formula is C24H28N4O6. The van der Waals surface area contributed by atoms with Gasteiger partial charge in [-0.3, -0.25) is 4.90 Å². The van der Waals surface area contributed by atoms with E-state index in [1.807, 2.05) is 6.07 Å². The van der Waals surface area contributed by atoms with E-state index in [1.54, 1.807) is 62.1 Å². The number of benzene rings is 1. The third-order valence-corrected chi connectivity index (χ3v) is 5.40. The number of aliphatic hydroxyl groups is 1. The fraction of sp³-hybridized carbons (Fsp3) is 0.417. The SMILES string of the molecule is COC(=O)[C@@H]1C[C@@H](Oc2cc(-n3cccn3)nc3cc(CO)ccc23)CN1C(=O)OC(C)(C)C. The van der Waals surface area contributed by atoms with Crippen molar-refractivity contribution < 1.29 is 28.9 Å². The summed E-state index contributed by atoms with van der Waals surface area (Å²) in [5.41, 5.74) is 0.633. The number of carbonyl (C=O) groups excluding carboxylic acids is 2. The molecule has 1 amide bonds. The highest BCUT2D eigenvalue weighted by Crippen LogP contribution is 2.32. The minimum atomic E-state index is -0.815. The van der Waals surface area contributed by atoms with Crippen molar-refractivity contribution in [2.24, 2.45) is 0 Å². The Balaban J connectivity index is 1.67. The lowest BCUT2D eigenvalue weighted by Gasteiger charge is -2.27. The summed E-state index contributed by atoms with van der Waals surface area (Å²) in [7, 11) is 1.29. The third-order valence-electron chi connectivity index (χ3n) is 5.40. The van der Waals surface area contributed by atoms with E-state index in [9.17, 15) is 14.7 Å². The smallest absolute Gasteiger partial charge is 0.411 e. The molecule has 34 heavy (non-hydrogen) atoms. The number of ether oxygens (including phenoxy) is 3. The van der Waals surface area contributed by atoms with Gasteiger partial charge in [0.2, 0.25) is 0 Å². The van der Waals surface area contributed by atoms with Crippen molar-refractivity contribution in [2.75, 3.05) is 13.7 Å². The Bertz CT molecular complexity index is 1190. The van der Waals surface area contributed by atoms with Crippen LogP contribution < -0.4 is 4.74 Å². The lowest BCUT2D eigenvalue weighted by atomic mass is 10.1. The number of carbonyl (C=O) groups is 2. The number of fused-ring (bicyclic) bond motifs is 1. The number of hydrogen-bond donors (Lipinski definition) is 1. The summed E-state index contributed by atoms with van der Waals surface area (Å²) in [6.45, 7) is 5.34. The Morgan fingerprint density at radius 1 is 1.24 bits per heavy atom. The predicted octanol–water partition coefficient (Wildman–Crippen LogP) is 2.84. The number of aromatic nitrogens is 3. The standard InChI is InChI=1S/C24H28N4O6/c1-24(2,3)34-23(31)27-13-16(11-19(27)22(30)32-4)33-20-12-21(28-9-5-8-25-28)26-18-10-15(14-29)6-7-17(18)20/h5-10,12,16,19,29H,11,13-14H2,1-4H3/t16-,19+/m1/s1. The molecule has 1 aliphatic rings. The summed E-state index contributed by atoms with van der Waals surface area (Å²) in [6, 6.07) is 8.14. The van der Waals surface area contributed by atoms with Crippen molar-refractivity contribution in [1.29, 1.82) is 0 Å². The van der Waals surface area contributed by atoms with Crippen LogP contribution in [0.5, 0.6) is 5.75 Å². The number of amides is 1. The number of aliphatic hydroxyl groups excluding tert-OH is 1. The van der Waals surface area contributed by atoms with E-state index in [0.717, 1.165) is 5.39 Å². The van der Waals surface area contributed by atoms with Gasteiger partial charge in [0.1, 0.15) is 23.5 Å². The maximum atomic E-state index is 12.8. The highest BCUT2D eigenvalue weighted by atomic mass is 16.6. The average Bonchev–Trinajstić information content (AvgIpc) is 3.47. The minimum absolute atomic E-state index is 0.117. The second-order valence-electron chi connectivity index (χ2n) is 9.09. The Morgan fingerprint density at radius 3 is 2.68 bits per heavy atom. The summed E-state index contributed by atoms with van der Waals surface area (Å²) in [5, 5.41) is 14.5. The van der Waals surface area contributed by atoms with Crippen LogP contribution >= 0.6 is 0 Å². The van der Waals surface area contributed by atoms with E-state index in [-0.39, 0.29) is 19.6 Å². The molecule has 1 saturated heterocycles. The Hall–Kier alpha value is -3.66. The minimum Gasteiger partial charge on any atom is -0.488 e. The molecule has 10 nitrogen and oxygen atoms in total. The molecule has 1 aliphatic heterocycles. The van der Waals surface area contributed by atoms with E-state index >= 15 is 0 Å². The summed E-state index contributed by atoms with van der Waals surface area (Å²) >= 11 is 0. The van der Waals surface area contributed by atoms with Crippen molar-refractivity contribution in [2.45, 2.75) is 51.5 Å². The second kappa shape index (κ2) is 9.30. The number of methoxy groups -OCH3 is 1. The normalized spacial score (nSPS) is 18.2. The fourth-order valence-electron chi connectivity index (χ4n) is 3.89. The molecule has 0 bridgehead atoms. The highest BCUT2D eigenvalue weighted by molar-refractivity contribution is 5.87. The highest BCUT2D eigenvalue weighted by Gasteiger charge is 2.43. The fourth-order valence-corrected chi connectivity index (χ4v) is 3.89. The first-order chi connectivity index (χ1) is 16.2. The molecule has 2 aromatic heterocycles. The van der Waals surface area contributed by atoms with Crippen LogP contribution in [0.3, 0.4) is 0 Å². The predicted molar refractivity (Wildman–Crippen MR) is 123 cm³/mol. The van der Waals surface area contributed by atoms with Gasteiger partial charge in [0, 0.05) is 30.3 Å². The molecule has 1 aromatic carbocycles. The van der Waals surface area contributed by atoms with Crippen LogP contribution in [0.15, 0.2) is 42.7 Å². The molecule has 4 rings (SSSR count). The molecule has 3 aromatic rings. The zero-order valence-corrected chi connectivity index (χ0v) is 19.6. The maximum absolute atomic E-state index is 12.8. The summed E-state index contributed by atoms with van der Waals surface area (Å²) in [5.74, 6) is 0.537. The number of likely N-dealkylation sites (tertiary alicyclic amines) is 1. The molecule has 0 spiro atoms. The van der Waals surface area contributed by atoms with Crippen molar-refractivity contribution in [1.82, 2.24) is 19.7 Å². The number of rotatable bonds is 5. The first-order valence-corrected chi connectivity index (χ1v) is 11.0. The molecule has 1 fully saturated rings. The topological polar surface area (TPSA) is 116 Å². The van der Waals surface area contributed by atoms with Crippen molar-refractivity contribution in [3.8, 4) is 11.6 Å². The third kappa shape index (κ3) is 4.96. The van der Waals surface area contributed by atoms with Gasteiger partial charge >= 0.3 is 12.1 Å². The number of hydrogen-bond acceptors (Lipinski definition) is 8. The molecular weight excluding hydrogens is 440 g/mol. The van der Waals surface area contributed by atoms with E-state index in [0.29, 0.717) is 22.6 Å². The van der Waals surface area contributed by atoms with E-state index in [4.69, 9.17) is 14.2 Å². The van der Waals surface area contributed by atoms with Crippen LogP contribution in [0.1, 0.15) is 32.8 Å². The lowest BCUT2D eigenvalue weighted by Crippen LogP contribution is -2.44. The Kier molecular flexibility index (Phi) is 6.43. The molecule has 0 saturated carbocycles. The van der Waals surface area contributed by atoms with Crippen molar-refractivity contribution >= 4 is 23.0 Å². The van der Waals surface area contributed by atoms with Gasteiger partial charge in [0.05, 0.1) is 25.8 Å². The Labute approximate surface area is 197 Å². The van der Waals surface area contributed by atoms with Crippen molar-refractivity contribution in [3.63, 3.8) is 0 Å². The maximum Gasteiger partial charge on any atom is 0.411 e. The molecule has 0 aliphatic carbocycles. The Morgan fingerprint density at radius 2 is 2.03 bits per heavy atom. The van der Waals surface area contributed by atoms with Gasteiger partial charge in [-0.1, -0.05) is 6.07 Å². The largest absolute Gasteiger partial charge is 0.488 e. The molecule has 3 heterocycles. The average molecular weight is 469 g/mol. The van der Waals surface area contributed by atoms with Crippen LogP contribution in [0.4, 0.5) is 4.79 Å². The van der Waals surface area contributed by atoms with Gasteiger partial charge in [0.15, 0.2) is 5.82 Å². The number of pyridine rings is 1. The summed E-state index contributed by atoms with van der Waals surface area (Å²) in [4.78, 5) is 31.2. The van der Waals surface area contributed by atoms with Crippen LogP contribution in [-0.2, 0) is 20.9 Å². The zero-order chi connectivity index (χ0) is 24.5. The van der Waals surface area contributed by atoms with Crippen LogP contribution in [0.2, 0.25) is 0 Å². The van der Waals surface area contributed by atoms with Crippen molar-refractivity contribution in [3.05, 3.63) is 48.3 Å². The van der Waals surface area contributed by atoms with E-state index in [1.165, 1.54) is 12.0 Å². The van der Waals surface area contributed by atoms with Crippen LogP contribution in [0.25, 0.3) is 16.7 Å². The lowest BCUT2D eigenvalue weighted by molar-refractivity contribution is -0.145. The number of nitrogens with zero attached hydrogens (tertiary/aromatic N) is 4. The van der Waals surface area contributed by atoms with Gasteiger partial charge in [0.25, 0.3) is 0 Å². The molecule has 0 unspecified atom stereocenters.